The van der Waals surface area contributed by atoms with Crippen molar-refractivity contribution >= 4 is 9.84 Å². The lowest BCUT2D eigenvalue weighted by atomic mass is 10.1. The van der Waals surface area contributed by atoms with Crippen LogP contribution in [0.1, 0.15) is 48.4 Å². The van der Waals surface area contributed by atoms with E-state index in [1.807, 2.05) is 39.0 Å². The second-order valence-corrected chi connectivity index (χ2v) is 8.52. The monoisotopic (exact) mass is 374 g/mol. The third-order valence-corrected chi connectivity index (χ3v) is 6.20. The van der Waals surface area contributed by atoms with Gasteiger partial charge in [0.1, 0.15) is 5.25 Å². The summed E-state index contributed by atoms with van der Waals surface area (Å²) in [7, 11) is -3.80. The Labute approximate surface area is 153 Å². The minimum absolute atomic E-state index is 0.0334. The zero-order valence-corrected chi connectivity index (χ0v) is 16.1. The topological polar surface area (TPSA) is 90.9 Å². The molecule has 0 N–H and O–H groups in total. The zero-order valence-electron chi connectivity index (χ0n) is 15.3. The normalized spacial score (nSPS) is 13.1. The van der Waals surface area contributed by atoms with Crippen LogP contribution < -0.4 is 0 Å². The molecule has 0 spiro atoms. The molecule has 0 radical (unpaired) electrons. The Morgan fingerprint density at radius 1 is 1.27 bits per heavy atom. The van der Waals surface area contributed by atoms with Gasteiger partial charge in [0.05, 0.1) is 5.69 Å². The van der Waals surface area contributed by atoms with E-state index in [0.29, 0.717) is 12.2 Å². The van der Waals surface area contributed by atoms with Crippen molar-refractivity contribution in [3.8, 4) is 5.69 Å². The van der Waals surface area contributed by atoms with Gasteiger partial charge in [0.25, 0.3) is 0 Å². The first-order valence-corrected chi connectivity index (χ1v) is 10.1. The summed E-state index contributed by atoms with van der Waals surface area (Å²) in [6.45, 7) is 7.44. The van der Waals surface area contributed by atoms with Crippen LogP contribution in [0, 0.1) is 13.8 Å². The van der Waals surface area contributed by atoms with Crippen LogP contribution in [0.15, 0.2) is 40.3 Å². The predicted octanol–water partition coefficient (Wildman–Crippen LogP) is 3.36. The van der Waals surface area contributed by atoms with Crippen LogP contribution >= 0.6 is 0 Å². The first-order valence-electron chi connectivity index (χ1n) is 8.52. The Kier molecular flexibility index (Phi) is 4.95. The lowest BCUT2D eigenvalue weighted by molar-refractivity contribution is 0.370. The molecule has 0 saturated carbocycles. The highest BCUT2D eigenvalue weighted by molar-refractivity contribution is 7.91. The number of hydrogen-bond donors (Lipinski definition) is 0. The van der Waals surface area contributed by atoms with Gasteiger partial charge in [0.15, 0.2) is 5.82 Å². The smallest absolute Gasteiger partial charge is 0.245 e. The summed E-state index contributed by atoms with van der Waals surface area (Å²) < 4.78 is 33.0. The van der Waals surface area contributed by atoms with E-state index in [4.69, 9.17) is 4.52 Å². The molecule has 2 heterocycles. The molecule has 0 bridgehead atoms. The average molecular weight is 374 g/mol. The summed E-state index contributed by atoms with van der Waals surface area (Å²) in [5.41, 5.74) is 2.78. The third kappa shape index (κ3) is 3.29. The number of imidazole rings is 1. The Hall–Kier alpha value is -2.48. The second-order valence-electron chi connectivity index (χ2n) is 6.36. The number of rotatable bonds is 6. The van der Waals surface area contributed by atoms with Crippen LogP contribution in [-0.4, -0.2) is 28.1 Å². The summed E-state index contributed by atoms with van der Waals surface area (Å²) in [4.78, 5) is 8.33. The molecule has 0 amide bonds. The van der Waals surface area contributed by atoms with Gasteiger partial charge >= 0.3 is 0 Å². The molecule has 3 aromatic rings. The van der Waals surface area contributed by atoms with Crippen molar-refractivity contribution in [1.82, 2.24) is 19.7 Å². The maximum Gasteiger partial charge on any atom is 0.245 e. The largest absolute Gasteiger partial charge is 0.338 e. The third-order valence-electron chi connectivity index (χ3n) is 4.26. The second kappa shape index (κ2) is 7.03. The van der Waals surface area contributed by atoms with E-state index in [2.05, 4.69) is 15.1 Å². The van der Waals surface area contributed by atoms with Gasteiger partial charge in [-0.15, -0.1) is 0 Å². The van der Waals surface area contributed by atoms with Gasteiger partial charge in [-0.3, -0.25) is 4.57 Å². The lowest BCUT2D eigenvalue weighted by Crippen LogP contribution is -2.16. The van der Waals surface area contributed by atoms with Gasteiger partial charge in [-0.25, -0.2) is 13.4 Å². The minimum Gasteiger partial charge on any atom is -0.338 e. The highest BCUT2D eigenvalue weighted by atomic mass is 32.2. The fraction of sp³-hybridized carbons (Fsp3) is 0.389. The van der Waals surface area contributed by atoms with Crippen LogP contribution in [0.2, 0.25) is 0 Å². The van der Waals surface area contributed by atoms with Gasteiger partial charge < -0.3 is 4.52 Å². The molecule has 7 nitrogen and oxygen atoms in total. The molecular weight excluding hydrogens is 352 g/mol. The van der Waals surface area contributed by atoms with Gasteiger partial charge in [0, 0.05) is 18.8 Å². The molecule has 1 atom stereocenters. The van der Waals surface area contributed by atoms with Gasteiger partial charge in [0.2, 0.25) is 20.9 Å². The summed E-state index contributed by atoms with van der Waals surface area (Å²) in [5, 5.41) is 2.84. The van der Waals surface area contributed by atoms with Crippen molar-refractivity contribution in [2.45, 2.75) is 50.9 Å². The maximum atomic E-state index is 13.1. The first kappa shape index (κ1) is 18.3. The fourth-order valence-corrected chi connectivity index (χ4v) is 4.03. The van der Waals surface area contributed by atoms with Crippen LogP contribution in [-0.2, 0) is 16.3 Å². The molecule has 0 aliphatic carbocycles. The average Bonchev–Trinajstić information content (AvgIpc) is 3.26. The molecule has 0 aliphatic rings. The van der Waals surface area contributed by atoms with Crippen LogP contribution in [0.25, 0.3) is 5.69 Å². The van der Waals surface area contributed by atoms with Crippen molar-refractivity contribution in [1.29, 1.82) is 0 Å². The fourth-order valence-electron chi connectivity index (χ4n) is 2.71. The number of aromatic nitrogens is 4. The molecule has 0 fully saturated rings. The van der Waals surface area contributed by atoms with Crippen LogP contribution in [0.4, 0.5) is 0 Å². The molecule has 0 saturated heterocycles. The van der Waals surface area contributed by atoms with Crippen molar-refractivity contribution in [2.75, 3.05) is 0 Å². The summed E-state index contributed by atoms with van der Waals surface area (Å²) >= 11 is 0. The van der Waals surface area contributed by atoms with Gasteiger partial charge in [-0.1, -0.05) is 24.2 Å². The molecule has 1 unspecified atom stereocenters. The highest BCUT2D eigenvalue weighted by Gasteiger charge is 2.34. The molecular formula is C18H22N4O3S. The zero-order chi connectivity index (χ0) is 18.9. The first-order chi connectivity index (χ1) is 12.3. The molecule has 3 rings (SSSR count). The maximum absolute atomic E-state index is 13.1. The summed E-state index contributed by atoms with van der Waals surface area (Å²) in [6, 6.07) is 5.88. The minimum atomic E-state index is -3.80. The van der Waals surface area contributed by atoms with Gasteiger partial charge in [-0.2, -0.15) is 4.98 Å². The van der Waals surface area contributed by atoms with E-state index in [1.54, 1.807) is 17.7 Å². The molecule has 26 heavy (non-hydrogen) atoms. The van der Waals surface area contributed by atoms with E-state index in [9.17, 15) is 8.42 Å². The number of benzene rings is 1. The number of hydrogen-bond acceptors (Lipinski definition) is 6. The highest BCUT2D eigenvalue weighted by Crippen LogP contribution is 2.29. The Morgan fingerprint density at radius 3 is 2.77 bits per heavy atom. The quantitative estimate of drug-likeness (QED) is 0.657. The molecule has 1 aromatic carbocycles. The van der Waals surface area contributed by atoms with E-state index in [1.165, 1.54) is 6.20 Å². The van der Waals surface area contributed by atoms with E-state index < -0.39 is 15.1 Å². The number of nitrogens with zero attached hydrogens (tertiary/aromatic N) is 4. The SMILES string of the molecule is CCCc1noc(C(C)S(=O)(=O)c2nccn2-c2cc(C)ccc2C)n1. The number of sulfone groups is 1. The van der Waals surface area contributed by atoms with Crippen molar-refractivity contribution < 1.29 is 12.9 Å². The standard InChI is InChI=1S/C18H22N4O3S/c1-5-6-16-20-17(25-21-16)14(4)26(23,24)18-19-9-10-22(18)15-11-12(2)7-8-13(15)3/h7-11,14H,5-6H2,1-4H3. The Balaban J connectivity index is 2.03. The number of aryl methyl sites for hydroxylation is 3. The summed E-state index contributed by atoms with van der Waals surface area (Å²) in [5.74, 6) is 0.603. The van der Waals surface area contributed by atoms with E-state index in [0.717, 1.165) is 23.2 Å². The molecule has 8 heteroatoms. The molecule has 2 aromatic heterocycles. The molecule has 0 aliphatic heterocycles. The Bertz CT molecular complexity index is 1020. The van der Waals surface area contributed by atoms with E-state index in [-0.39, 0.29) is 11.0 Å². The summed E-state index contributed by atoms with van der Waals surface area (Å²) in [6.07, 6.45) is 4.64. The van der Waals surface area contributed by atoms with Crippen LogP contribution in [0.5, 0.6) is 0 Å². The van der Waals surface area contributed by atoms with Crippen molar-refractivity contribution in [3.63, 3.8) is 0 Å². The lowest BCUT2D eigenvalue weighted by Gasteiger charge is -2.14. The van der Waals surface area contributed by atoms with Crippen molar-refractivity contribution in [2.24, 2.45) is 0 Å². The van der Waals surface area contributed by atoms with Crippen LogP contribution in [0.3, 0.4) is 0 Å². The van der Waals surface area contributed by atoms with Gasteiger partial charge in [-0.05, 0) is 44.4 Å². The Morgan fingerprint density at radius 2 is 2.04 bits per heavy atom. The molecule has 138 valence electrons. The predicted molar refractivity (Wildman–Crippen MR) is 96.9 cm³/mol. The van der Waals surface area contributed by atoms with E-state index >= 15 is 0 Å². The van der Waals surface area contributed by atoms with Crippen molar-refractivity contribution in [3.05, 3.63) is 53.4 Å².